The maximum Gasteiger partial charge on any atom is 0.167 e. The molecule has 2 aromatic carbocycles. The largest absolute Gasteiger partial charge is 0.486 e. The minimum Gasteiger partial charge on any atom is -0.486 e. The van der Waals surface area contributed by atoms with Gasteiger partial charge >= 0.3 is 0 Å². The zero-order chi connectivity index (χ0) is 13.1. The van der Waals surface area contributed by atoms with Crippen molar-refractivity contribution < 1.29 is 9.13 Å². The molecule has 18 heavy (non-hydrogen) atoms. The molecule has 3 heteroatoms. The van der Waals surface area contributed by atoms with E-state index in [2.05, 4.69) is 6.07 Å². The van der Waals surface area contributed by atoms with Gasteiger partial charge in [-0.15, -0.1) is 0 Å². The molecular weight excluding hydrogens is 229 g/mol. The van der Waals surface area contributed by atoms with Gasteiger partial charge in [0.15, 0.2) is 11.6 Å². The molecule has 0 saturated heterocycles. The summed E-state index contributed by atoms with van der Waals surface area (Å²) in [7, 11) is 0. The van der Waals surface area contributed by atoms with Crippen LogP contribution in [0.15, 0.2) is 36.4 Å². The van der Waals surface area contributed by atoms with E-state index in [0.717, 1.165) is 5.56 Å². The van der Waals surface area contributed by atoms with Crippen LogP contribution in [0.3, 0.4) is 0 Å². The van der Waals surface area contributed by atoms with Crippen molar-refractivity contribution in [3.05, 3.63) is 58.9 Å². The van der Waals surface area contributed by atoms with E-state index in [1.54, 1.807) is 12.1 Å². The van der Waals surface area contributed by atoms with Crippen LogP contribution in [0.4, 0.5) is 10.1 Å². The van der Waals surface area contributed by atoms with Gasteiger partial charge in [-0.2, -0.15) is 0 Å². The summed E-state index contributed by atoms with van der Waals surface area (Å²) in [5.41, 5.74) is 9.25. The number of ether oxygens (including phenoxy) is 1. The fraction of sp³-hybridized carbons (Fsp3) is 0.200. The molecule has 0 heterocycles. The molecule has 2 N–H and O–H groups in total. The van der Waals surface area contributed by atoms with Gasteiger partial charge in [-0.3, -0.25) is 0 Å². The van der Waals surface area contributed by atoms with Crippen LogP contribution in [-0.2, 0) is 6.61 Å². The molecule has 0 amide bonds. The van der Waals surface area contributed by atoms with Crippen molar-refractivity contribution in [3.63, 3.8) is 0 Å². The average molecular weight is 245 g/mol. The van der Waals surface area contributed by atoms with Gasteiger partial charge in [0.25, 0.3) is 0 Å². The van der Waals surface area contributed by atoms with Crippen molar-refractivity contribution in [1.82, 2.24) is 0 Å². The van der Waals surface area contributed by atoms with E-state index in [0.29, 0.717) is 12.3 Å². The van der Waals surface area contributed by atoms with E-state index < -0.39 is 5.82 Å². The fourth-order valence-electron chi connectivity index (χ4n) is 1.95. The summed E-state index contributed by atoms with van der Waals surface area (Å²) < 4.78 is 19.0. The van der Waals surface area contributed by atoms with Crippen molar-refractivity contribution in [2.45, 2.75) is 20.5 Å². The van der Waals surface area contributed by atoms with Gasteiger partial charge < -0.3 is 10.5 Å². The first-order valence-corrected chi connectivity index (χ1v) is 5.79. The monoisotopic (exact) mass is 245 g/mol. The number of hydrogen-bond acceptors (Lipinski definition) is 2. The van der Waals surface area contributed by atoms with Crippen molar-refractivity contribution in [2.24, 2.45) is 0 Å². The number of hydrogen-bond donors (Lipinski definition) is 1. The van der Waals surface area contributed by atoms with E-state index in [-0.39, 0.29) is 5.75 Å². The predicted octanol–water partition coefficient (Wildman–Crippen LogP) is 3.60. The highest BCUT2D eigenvalue weighted by atomic mass is 19.1. The van der Waals surface area contributed by atoms with Crippen LogP contribution in [0, 0.1) is 19.7 Å². The minimum atomic E-state index is -0.431. The lowest BCUT2D eigenvalue weighted by Gasteiger charge is -2.09. The predicted molar refractivity (Wildman–Crippen MR) is 71.1 cm³/mol. The molecule has 0 aliphatic heterocycles. The molecule has 0 unspecified atom stereocenters. The summed E-state index contributed by atoms with van der Waals surface area (Å²) in [5.74, 6) is -0.206. The Bertz CT molecular complexity index is 546. The third-order valence-electron chi connectivity index (χ3n) is 2.63. The van der Waals surface area contributed by atoms with Crippen LogP contribution in [0.25, 0.3) is 0 Å². The number of nitrogen functional groups attached to an aromatic ring is 1. The number of benzene rings is 2. The summed E-state index contributed by atoms with van der Waals surface area (Å²) in [4.78, 5) is 0. The van der Waals surface area contributed by atoms with Crippen LogP contribution in [0.1, 0.15) is 16.7 Å². The smallest absolute Gasteiger partial charge is 0.167 e. The third kappa shape index (κ3) is 3.00. The standard InChI is InChI=1S/C15H16FNO/c1-10-5-11(2)7-12(6-10)9-18-15-4-3-13(17)8-14(15)16/h3-8H,9,17H2,1-2H3. The molecule has 0 bridgehead atoms. The highest BCUT2D eigenvalue weighted by Gasteiger charge is 2.04. The highest BCUT2D eigenvalue weighted by molar-refractivity contribution is 5.43. The maximum absolute atomic E-state index is 13.5. The van der Waals surface area contributed by atoms with Crippen molar-refractivity contribution >= 4 is 5.69 Å². The SMILES string of the molecule is Cc1cc(C)cc(COc2ccc(N)cc2F)c1. The first-order chi connectivity index (χ1) is 8.54. The Hall–Kier alpha value is -2.03. The van der Waals surface area contributed by atoms with E-state index in [9.17, 15) is 4.39 Å². The zero-order valence-corrected chi connectivity index (χ0v) is 10.5. The Morgan fingerprint density at radius 2 is 1.72 bits per heavy atom. The number of rotatable bonds is 3. The number of aryl methyl sites for hydroxylation is 2. The molecular formula is C15H16FNO. The second kappa shape index (κ2) is 5.08. The van der Waals surface area contributed by atoms with Gasteiger partial charge in [0.2, 0.25) is 0 Å². The maximum atomic E-state index is 13.5. The lowest BCUT2D eigenvalue weighted by atomic mass is 10.1. The normalized spacial score (nSPS) is 10.4. The van der Waals surface area contributed by atoms with E-state index in [4.69, 9.17) is 10.5 Å². The number of nitrogens with two attached hydrogens (primary N) is 1. The van der Waals surface area contributed by atoms with E-state index in [1.165, 1.54) is 17.2 Å². The summed E-state index contributed by atoms with van der Waals surface area (Å²) in [5, 5.41) is 0. The molecule has 2 aromatic rings. The number of anilines is 1. The number of halogens is 1. The van der Waals surface area contributed by atoms with Crippen LogP contribution in [-0.4, -0.2) is 0 Å². The quantitative estimate of drug-likeness (QED) is 0.838. The van der Waals surface area contributed by atoms with Crippen LogP contribution >= 0.6 is 0 Å². The van der Waals surface area contributed by atoms with Crippen LogP contribution < -0.4 is 10.5 Å². The molecule has 0 aliphatic carbocycles. The molecule has 2 rings (SSSR count). The molecule has 2 nitrogen and oxygen atoms in total. The van der Waals surface area contributed by atoms with Gasteiger partial charge in [0.05, 0.1) is 0 Å². The molecule has 0 radical (unpaired) electrons. The Balaban J connectivity index is 2.11. The fourth-order valence-corrected chi connectivity index (χ4v) is 1.95. The topological polar surface area (TPSA) is 35.2 Å². The Morgan fingerprint density at radius 3 is 2.33 bits per heavy atom. The lowest BCUT2D eigenvalue weighted by molar-refractivity contribution is 0.290. The second-order valence-electron chi connectivity index (χ2n) is 4.47. The van der Waals surface area contributed by atoms with Crippen molar-refractivity contribution in [3.8, 4) is 5.75 Å². The summed E-state index contributed by atoms with van der Waals surface area (Å²) in [6.07, 6.45) is 0. The highest BCUT2D eigenvalue weighted by Crippen LogP contribution is 2.21. The second-order valence-corrected chi connectivity index (χ2v) is 4.47. The average Bonchev–Trinajstić information content (AvgIpc) is 2.26. The summed E-state index contributed by atoms with van der Waals surface area (Å²) in [6, 6.07) is 10.6. The minimum absolute atomic E-state index is 0.225. The molecule has 0 spiro atoms. The van der Waals surface area contributed by atoms with Gasteiger partial charge in [0.1, 0.15) is 6.61 Å². The zero-order valence-electron chi connectivity index (χ0n) is 10.5. The molecule has 94 valence electrons. The molecule has 0 aliphatic rings. The van der Waals surface area contributed by atoms with E-state index >= 15 is 0 Å². The Morgan fingerprint density at radius 1 is 1.06 bits per heavy atom. The van der Waals surface area contributed by atoms with E-state index in [1.807, 2.05) is 26.0 Å². The van der Waals surface area contributed by atoms with Crippen LogP contribution in [0.5, 0.6) is 5.75 Å². The van der Waals surface area contributed by atoms with Crippen molar-refractivity contribution in [1.29, 1.82) is 0 Å². The molecule has 0 aromatic heterocycles. The van der Waals surface area contributed by atoms with Crippen molar-refractivity contribution in [2.75, 3.05) is 5.73 Å². The van der Waals surface area contributed by atoms with Gasteiger partial charge in [-0.25, -0.2) is 4.39 Å². The van der Waals surface area contributed by atoms with Gasteiger partial charge in [-0.1, -0.05) is 29.3 Å². The summed E-state index contributed by atoms with van der Waals surface area (Å²) in [6.45, 7) is 4.41. The molecule has 0 atom stereocenters. The Labute approximate surface area is 106 Å². The first kappa shape index (κ1) is 12.4. The first-order valence-electron chi connectivity index (χ1n) is 5.79. The van der Waals surface area contributed by atoms with Gasteiger partial charge in [0, 0.05) is 11.8 Å². The van der Waals surface area contributed by atoms with Gasteiger partial charge in [-0.05, 0) is 31.5 Å². The lowest BCUT2D eigenvalue weighted by Crippen LogP contribution is -1.99. The molecule has 0 fully saturated rings. The third-order valence-corrected chi connectivity index (χ3v) is 2.63. The molecule has 0 saturated carbocycles. The summed E-state index contributed by atoms with van der Waals surface area (Å²) >= 11 is 0. The Kier molecular flexibility index (Phi) is 3.51. The van der Waals surface area contributed by atoms with Crippen LogP contribution in [0.2, 0.25) is 0 Å².